The number of nitrogens with zero attached hydrogens (tertiary/aromatic N) is 4. The molecule has 2 N–H and O–H groups in total. The van der Waals surface area contributed by atoms with Gasteiger partial charge >= 0.3 is 6.01 Å². The zero-order valence-corrected chi connectivity index (χ0v) is 21.2. The molecule has 0 aliphatic carbocycles. The maximum atomic E-state index is 12.8. The lowest BCUT2D eigenvalue weighted by atomic mass is 10.3. The summed E-state index contributed by atoms with van der Waals surface area (Å²) in [4.78, 5) is 20.6. The highest BCUT2D eigenvalue weighted by Crippen LogP contribution is 2.24. The van der Waals surface area contributed by atoms with E-state index in [1.807, 2.05) is 0 Å². The highest BCUT2D eigenvalue weighted by molar-refractivity contribution is 7.92. The van der Waals surface area contributed by atoms with E-state index in [2.05, 4.69) is 25.1 Å². The molecule has 4 aromatic rings. The van der Waals surface area contributed by atoms with Gasteiger partial charge in [0, 0.05) is 18.0 Å². The standard InChI is InChI=1S/C23H21ClN6O6S/c1-34-21-13-20(27-23(28-21)35-2)29-37(32,33)16-9-7-15(8-10-16)26-22(31)18-11-12-25-30(18)14-36-19-6-4-3-5-17(19)24/h3-13H,14H2,1-2H3,(H,26,31)(H,27,28,29). The molecule has 0 aliphatic heterocycles. The van der Waals surface area contributed by atoms with Crippen molar-refractivity contribution >= 4 is 39.0 Å². The van der Waals surface area contributed by atoms with Crippen LogP contribution >= 0.6 is 11.6 Å². The Labute approximate surface area is 217 Å². The molecule has 37 heavy (non-hydrogen) atoms. The molecular formula is C23H21ClN6O6S. The number of carbonyl (C=O) groups is 1. The van der Waals surface area contributed by atoms with Crippen molar-refractivity contribution in [2.24, 2.45) is 0 Å². The van der Waals surface area contributed by atoms with Gasteiger partial charge in [-0.25, -0.2) is 13.1 Å². The minimum atomic E-state index is -4.00. The minimum absolute atomic E-state index is 0.0339. The first-order valence-corrected chi connectivity index (χ1v) is 12.5. The molecule has 2 aromatic heterocycles. The molecule has 0 radical (unpaired) electrons. The number of nitrogens with one attached hydrogen (secondary N) is 2. The summed E-state index contributed by atoms with van der Waals surface area (Å²) in [5.74, 6) is 0.0805. The van der Waals surface area contributed by atoms with Crippen molar-refractivity contribution in [1.82, 2.24) is 19.7 Å². The van der Waals surface area contributed by atoms with E-state index >= 15 is 0 Å². The summed E-state index contributed by atoms with van der Waals surface area (Å²) in [6.45, 7) is -0.0407. The Kier molecular flexibility index (Phi) is 7.74. The van der Waals surface area contributed by atoms with Crippen LogP contribution in [0.15, 0.2) is 71.8 Å². The third kappa shape index (κ3) is 6.26. The third-order valence-electron chi connectivity index (χ3n) is 4.86. The van der Waals surface area contributed by atoms with E-state index < -0.39 is 15.9 Å². The summed E-state index contributed by atoms with van der Waals surface area (Å²) in [5.41, 5.74) is 0.603. The second-order valence-corrected chi connectivity index (χ2v) is 9.38. The van der Waals surface area contributed by atoms with Crippen LogP contribution in [0.5, 0.6) is 17.6 Å². The number of anilines is 2. The van der Waals surface area contributed by atoms with Gasteiger partial charge < -0.3 is 19.5 Å². The van der Waals surface area contributed by atoms with Gasteiger partial charge in [0.25, 0.3) is 15.9 Å². The number of ether oxygens (including phenoxy) is 3. The average Bonchev–Trinajstić information content (AvgIpc) is 3.37. The smallest absolute Gasteiger partial charge is 0.321 e. The van der Waals surface area contributed by atoms with Gasteiger partial charge in [0.15, 0.2) is 12.5 Å². The lowest BCUT2D eigenvalue weighted by Crippen LogP contribution is -2.20. The molecule has 4 rings (SSSR count). The average molecular weight is 545 g/mol. The third-order valence-corrected chi connectivity index (χ3v) is 6.55. The zero-order valence-electron chi connectivity index (χ0n) is 19.6. The summed E-state index contributed by atoms with van der Waals surface area (Å²) in [6.07, 6.45) is 1.46. The first-order chi connectivity index (χ1) is 17.8. The van der Waals surface area contributed by atoms with Crippen LogP contribution in [0.2, 0.25) is 5.02 Å². The molecule has 1 amide bonds. The summed E-state index contributed by atoms with van der Waals surface area (Å²) in [6, 6.07) is 15.3. The van der Waals surface area contributed by atoms with Gasteiger partial charge in [-0.05, 0) is 42.5 Å². The Balaban J connectivity index is 1.43. The van der Waals surface area contributed by atoms with Crippen molar-refractivity contribution in [2.75, 3.05) is 24.3 Å². The van der Waals surface area contributed by atoms with Crippen LogP contribution in [0.4, 0.5) is 11.5 Å². The van der Waals surface area contributed by atoms with Gasteiger partial charge in [-0.15, -0.1) is 0 Å². The number of para-hydroxylation sites is 1. The number of halogens is 1. The normalized spacial score (nSPS) is 11.0. The fourth-order valence-corrected chi connectivity index (χ4v) is 4.26. The number of methoxy groups -OCH3 is 2. The number of rotatable bonds is 10. The van der Waals surface area contributed by atoms with E-state index in [4.69, 9.17) is 25.8 Å². The van der Waals surface area contributed by atoms with E-state index in [-0.39, 0.29) is 35.0 Å². The minimum Gasteiger partial charge on any atom is -0.481 e. The lowest BCUT2D eigenvalue weighted by molar-refractivity contribution is 0.100. The number of carbonyl (C=O) groups excluding carboxylic acids is 1. The van der Waals surface area contributed by atoms with Crippen molar-refractivity contribution < 1.29 is 27.4 Å². The zero-order chi connectivity index (χ0) is 26.4. The van der Waals surface area contributed by atoms with Gasteiger partial charge in [0.05, 0.1) is 24.1 Å². The highest BCUT2D eigenvalue weighted by atomic mass is 35.5. The molecule has 0 saturated carbocycles. The molecule has 2 heterocycles. The Hall–Kier alpha value is -4.36. The fraction of sp³-hybridized carbons (Fsp3) is 0.130. The predicted octanol–water partition coefficient (Wildman–Crippen LogP) is 3.43. The molecular weight excluding hydrogens is 524 g/mol. The van der Waals surface area contributed by atoms with Crippen molar-refractivity contribution in [3.63, 3.8) is 0 Å². The monoisotopic (exact) mass is 544 g/mol. The molecule has 14 heteroatoms. The lowest BCUT2D eigenvalue weighted by Gasteiger charge is -2.12. The molecule has 192 valence electrons. The number of sulfonamides is 1. The second-order valence-electron chi connectivity index (χ2n) is 7.29. The SMILES string of the molecule is COc1cc(NS(=O)(=O)c2ccc(NC(=O)c3ccnn3COc3ccccc3Cl)cc2)nc(OC)n1. The van der Waals surface area contributed by atoms with Gasteiger partial charge in [-0.2, -0.15) is 15.1 Å². The Morgan fingerprint density at radius 3 is 2.49 bits per heavy atom. The van der Waals surface area contributed by atoms with Crippen molar-refractivity contribution in [2.45, 2.75) is 11.6 Å². The number of benzene rings is 2. The van der Waals surface area contributed by atoms with E-state index in [9.17, 15) is 13.2 Å². The van der Waals surface area contributed by atoms with Crippen LogP contribution < -0.4 is 24.2 Å². The topological polar surface area (TPSA) is 147 Å². The fourth-order valence-electron chi connectivity index (χ4n) is 3.08. The van der Waals surface area contributed by atoms with Crippen LogP contribution in [-0.2, 0) is 16.8 Å². The number of aromatic nitrogens is 4. The molecule has 0 aliphatic rings. The molecule has 0 atom stereocenters. The maximum absolute atomic E-state index is 12.8. The number of amides is 1. The molecule has 12 nitrogen and oxygen atoms in total. The van der Waals surface area contributed by atoms with Crippen LogP contribution in [0, 0.1) is 0 Å². The molecule has 0 unspecified atom stereocenters. The second kappa shape index (κ2) is 11.1. The van der Waals surface area contributed by atoms with Crippen molar-refractivity contribution in [1.29, 1.82) is 0 Å². The molecule has 0 spiro atoms. The van der Waals surface area contributed by atoms with Crippen molar-refractivity contribution in [3.05, 3.63) is 77.6 Å². The first kappa shape index (κ1) is 25.7. The van der Waals surface area contributed by atoms with Gasteiger partial charge in [0.2, 0.25) is 5.88 Å². The van der Waals surface area contributed by atoms with Gasteiger partial charge in [0.1, 0.15) is 11.4 Å². The van der Waals surface area contributed by atoms with Crippen LogP contribution in [0.1, 0.15) is 10.5 Å². The van der Waals surface area contributed by atoms with E-state index in [0.29, 0.717) is 16.5 Å². The van der Waals surface area contributed by atoms with Crippen LogP contribution in [0.25, 0.3) is 0 Å². The summed E-state index contributed by atoms with van der Waals surface area (Å²) < 4.78 is 44.9. The molecule has 0 bridgehead atoms. The number of hydrogen-bond donors (Lipinski definition) is 2. The van der Waals surface area contributed by atoms with Crippen molar-refractivity contribution in [3.8, 4) is 17.6 Å². The Morgan fingerprint density at radius 2 is 1.78 bits per heavy atom. The predicted molar refractivity (Wildman–Crippen MR) is 135 cm³/mol. The first-order valence-electron chi connectivity index (χ1n) is 10.6. The molecule has 0 saturated heterocycles. The van der Waals surface area contributed by atoms with Gasteiger partial charge in [-0.3, -0.25) is 9.52 Å². The van der Waals surface area contributed by atoms with Crippen LogP contribution in [0.3, 0.4) is 0 Å². The molecule has 2 aromatic carbocycles. The highest BCUT2D eigenvalue weighted by Gasteiger charge is 2.18. The maximum Gasteiger partial charge on any atom is 0.321 e. The van der Waals surface area contributed by atoms with E-state index in [1.165, 1.54) is 61.5 Å². The largest absolute Gasteiger partial charge is 0.481 e. The Bertz CT molecular complexity index is 1490. The summed E-state index contributed by atoms with van der Waals surface area (Å²) in [7, 11) is -1.27. The quantitative estimate of drug-likeness (QED) is 0.306. The van der Waals surface area contributed by atoms with E-state index in [0.717, 1.165) is 0 Å². The molecule has 0 fully saturated rings. The van der Waals surface area contributed by atoms with Gasteiger partial charge in [-0.1, -0.05) is 23.7 Å². The van der Waals surface area contributed by atoms with Crippen LogP contribution in [-0.4, -0.2) is 48.3 Å². The summed E-state index contributed by atoms with van der Waals surface area (Å²) >= 11 is 6.09. The van der Waals surface area contributed by atoms with E-state index in [1.54, 1.807) is 24.3 Å². The summed E-state index contributed by atoms with van der Waals surface area (Å²) in [5, 5.41) is 7.24. The Morgan fingerprint density at radius 1 is 1.03 bits per heavy atom. The number of hydrogen-bond acceptors (Lipinski definition) is 9.